The van der Waals surface area contributed by atoms with Crippen molar-refractivity contribution in [1.29, 1.82) is 0 Å². The zero-order valence-corrected chi connectivity index (χ0v) is 11.5. The maximum Gasteiger partial charge on any atom is 0.272 e. The number of rotatable bonds is 3. The van der Waals surface area contributed by atoms with E-state index >= 15 is 0 Å². The van der Waals surface area contributed by atoms with Crippen molar-refractivity contribution in [3.8, 4) is 0 Å². The minimum atomic E-state index is -0.324. The number of nitro groups is 1. The molecule has 4 heteroatoms. The molecule has 1 aliphatic carbocycles. The monoisotopic (exact) mass is 262 g/mol. The Kier molecular flexibility index (Phi) is 4.77. The van der Waals surface area contributed by atoms with Gasteiger partial charge in [-0.3, -0.25) is 10.1 Å². The van der Waals surface area contributed by atoms with E-state index in [1.807, 2.05) is 12.1 Å². The van der Waals surface area contributed by atoms with Gasteiger partial charge in [-0.2, -0.15) is 0 Å². The van der Waals surface area contributed by atoms with Gasteiger partial charge in [-0.1, -0.05) is 32.1 Å². The smallest absolute Gasteiger partial charge is 0.272 e. The molecule has 0 aromatic heterocycles. The van der Waals surface area contributed by atoms with Crippen molar-refractivity contribution in [3.63, 3.8) is 0 Å². The highest BCUT2D eigenvalue weighted by Crippen LogP contribution is 2.25. The lowest BCUT2D eigenvalue weighted by Crippen LogP contribution is -2.20. The molecule has 1 saturated carbocycles. The number of hydrogen-bond donors (Lipinski definition) is 1. The van der Waals surface area contributed by atoms with Crippen molar-refractivity contribution in [2.75, 3.05) is 5.32 Å². The predicted octanol–water partition coefficient (Wildman–Crippen LogP) is 4.43. The molecule has 0 atom stereocenters. The van der Waals surface area contributed by atoms with E-state index in [9.17, 15) is 10.1 Å². The summed E-state index contributed by atoms with van der Waals surface area (Å²) in [5.74, 6) is 0. The van der Waals surface area contributed by atoms with Crippen LogP contribution in [0.15, 0.2) is 18.2 Å². The van der Waals surface area contributed by atoms with Gasteiger partial charge < -0.3 is 5.32 Å². The fraction of sp³-hybridized carbons (Fsp3) is 0.600. The SMILES string of the molecule is Cc1cc(NC2CCCCCCC2)ccc1[N+](=O)[O-]. The van der Waals surface area contributed by atoms with Crippen LogP contribution >= 0.6 is 0 Å². The molecule has 104 valence electrons. The van der Waals surface area contributed by atoms with Crippen LogP contribution in [0.4, 0.5) is 11.4 Å². The second kappa shape index (κ2) is 6.55. The van der Waals surface area contributed by atoms with E-state index in [4.69, 9.17) is 0 Å². The molecule has 0 aliphatic heterocycles. The number of nitrogens with zero attached hydrogens (tertiary/aromatic N) is 1. The van der Waals surface area contributed by atoms with Gasteiger partial charge in [0.25, 0.3) is 5.69 Å². The van der Waals surface area contributed by atoms with Gasteiger partial charge >= 0.3 is 0 Å². The average molecular weight is 262 g/mol. The van der Waals surface area contributed by atoms with E-state index in [1.54, 1.807) is 13.0 Å². The molecule has 0 amide bonds. The first kappa shape index (κ1) is 13.8. The minimum Gasteiger partial charge on any atom is -0.382 e. The molecule has 1 aromatic carbocycles. The Bertz CT molecular complexity index is 438. The fourth-order valence-electron chi connectivity index (χ4n) is 2.79. The summed E-state index contributed by atoms with van der Waals surface area (Å²) < 4.78 is 0. The van der Waals surface area contributed by atoms with Gasteiger partial charge in [-0.15, -0.1) is 0 Å². The van der Waals surface area contributed by atoms with Crippen LogP contribution in [0.25, 0.3) is 0 Å². The lowest BCUT2D eigenvalue weighted by atomic mass is 9.96. The quantitative estimate of drug-likeness (QED) is 0.647. The van der Waals surface area contributed by atoms with Gasteiger partial charge in [0.05, 0.1) is 4.92 Å². The summed E-state index contributed by atoms with van der Waals surface area (Å²) in [5.41, 5.74) is 1.93. The van der Waals surface area contributed by atoms with Crippen molar-refractivity contribution in [2.45, 2.75) is 57.9 Å². The second-order valence-electron chi connectivity index (χ2n) is 5.44. The summed E-state index contributed by atoms with van der Waals surface area (Å²) in [6.07, 6.45) is 9.00. The molecule has 0 heterocycles. The van der Waals surface area contributed by atoms with E-state index in [2.05, 4.69) is 5.32 Å². The first-order valence-corrected chi connectivity index (χ1v) is 7.18. The number of hydrogen-bond acceptors (Lipinski definition) is 3. The third-order valence-electron chi connectivity index (χ3n) is 3.87. The first-order valence-electron chi connectivity index (χ1n) is 7.18. The zero-order chi connectivity index (χ0) is 13.7. The molecule has 1 fully saturated rings. The van der Waals surface area contributed by atoms with Crippen LogP contribution < -0.4 is 5.32 Å². The predicted molar refractivity (Wildman–Crippen MR) is 77.6 cm³/mol. The van der Waals surface area contributed by atoms with E-state index < -0.39 is 0 Å². The summed E-state index contributed by atoms with van der Waals surface area (Å²) in [5, 5.41) is 14.3. The van der Waals surface area contributed by atoms with Gasteiger partial charge in [0, 0.05) is 23.4 Å². The third kappa shape index (κ3) is 3.94. The standard InChI is InChI=1S/C15H22N2O2/c1-12-11-14(9-10-15(12)17(18)19)16-13-7-5-3-2-4-6-8-13/h9-11,13,16H,2-8H2,1H3. The van der Waals surface area contributed by atoms with Gasteiger partial charge in [0.15, 0.2) is 0 Å². The Labute approximate surface area is 114 Å². The average Bonchev–Trinajstić information content (AvgIpc) is 2.32. The van der Waals surface area contributed by atoms with Gasteiger partial charge in [0.2, 0.25) is 0 Å². The molecule has 0 spiro atoms. The number of nitro benzene ring substituents is 1. The van der Waals surface area contributed by atoms with Crippen LogP contribution in [0.5, 0.6) is 0 Å². The zero-order valence-electron chi connectivity index (χ0n) is 11.5. The molecule has 0 radical (unpaired) electrons. The maximum atomic E-state index is 10.8. The largest absolute Gasteiger partial charge is 0.382 e. The number of nitrogens with one attached hydrogen (secondary N) is 1. The van der Waals surface area contributed by atoms with Crippen molar-refractivity contribution in [3.05, 3.63) is 33.9 Å². The molecule has 2 rings (SSSR count). The van der Waals surface area contributed by atoms with Crippen molar-refractivity contribution in [2.24, 2.45) is 0 Å². The summed E-state index contributed by atoms with van der Waals surface area (Å²) in [7, 11) is 0. The number of anilines is 1. The van der Waals surface area contributed by atoms with Crippen molar-refractivity contribution in [1.82, 2.24) is 0 Å². The normalized spacial score (nSPS) is 17.5. The Morgan fingerprint density at radius 1 is 1.16 bits per heavy atom. The van der Waals surface area contributed by atoms with E-state index in [0.717, 1.165) is 11.3 Å². The Balaban J connectivity index is 2.01. The number of aryl methyl sites for hydroxylation is 1. The van der Waals surface area contributed by atoms with Crippen LogP contribution in [0.3, 0.4) is 0 Å². The minimum absolute atomic E-state index is 0.197. The Morgan fingerprint density at radius 3 is 2.37 bits per heavy atom. The van der Waals surface area contributed by atoms with E-state index in [0.29, 0.717) is 6.04 Å². The lowest BCUT2D eigenvalue weighted by molar-refractivity contribution is -0.385. The van der Waals surface area contributed by atoms with Gasteiger partial charge in [0.1, 0.15) is 0 Å². The molecule has 0 bridgehead atoms. The second-order valence-corrected chi connectivity index (χ2v) is 5.44. The summed E-state index contributed by atoms with van der Waals surface area (Å²) in [6.45, 7) is 1.79. The summed E-state index contributed by atoms with van der Waals surface area (Å²) >= 11 is 0. The summed E-state index contributed by atoms with van der Waals surface area (Å²) in [6, 6.07) is 5.82. The van der Waals surface area contributed by atoms with Crippen LogP contribution in [0.2, 0.25) is 0 Å². The lowest BCUT2D eigenvalue weighted by Gasteiger charge is -2.22. The maximum absolute atomic E-state index is 10.8. The molecule has 1 aromatic rings. The number of benzene rings is 1. The van der Waals surface area contributed by atoms with Crippen molar-refractivity contribution >= 4 is 11.4 Å². The molecular formula is C15H22N2O2. The molecule has 4 nitrogen and oxygen atoms in total. The highest BCUT2D eigenvalue weighted by atomic mass is 16.6. The van der Waals surface area contributed by atoms with Gasteiger partial charge in [-0.25, -0.2) is 0 Å². The Morgan fingerprint density at radius 2 is 1.79 bits per heavy atom. The molecule has 1 aliphatic rings. The van der Waals surface area contributed by atoms with E-state index in [-0.39, 0.29) is 10.6 Å². The van der Waals surface area contributed by atoms with Crippen LogP contribution in [0, 0.1) is 17.0 Å². The highest BCUT2D eigenvalue weighted by molar-refractivity contribution is 5.54. The summed E-state index contributed by atoms with van der Waals surface area (Å²) in [4.78, 5) is 10.5. The third-order valence-corrected chi connectivity index (χ3v) is 3.87. The molecule has 1 N–H and O–H groups in total. The Hall–Kier alpha value is -1.58. The fourth-order valence-corrected chi connectivity index (χ4v) is 2.79. The van der Waals surface area contributed by atoms with Gasteiger partial charge in [-0.05, 0) is 31.9 Å². The van der Waals surface area contributed by atoms with Crippen LogP contribution in [0.1, 0.15) is 50.5 Å². The molecule has 0 unspecified atom stereocenters. The first-order chi connectivity index (χ1) is 9.16. The molecule has 19 heavy (non-hydrogen) atoms. The molecular weight excluding hydrogens is 240 g/mol. The molecule has 0 saturated heterocycles. The highest BCUT2D eigenvalue weighted by Gasteiger charge is 2.14. The topological polar surface area (TPSA) is 55.2 Å². The van der Waals surface area contributed by atoms with E-state index in [1.165, 1.54) is 44.9 Å². The van der Waals surface area contributed by atoms with Crippen LogP contribution in [-0.4, -0.2) is 11.0 Å². The van der Waals surface area contributed by atoms with Crippen LogP contribution in [-0.2, 0) is 0 Å². The van der Waals surface area contributed by atoms with Crippen molar-refractivity contribution < 1.29 is 4.92 Å².